The van der Waals surface area contributed by atoms with Gasteiger partial charge < -0.3 is 14.8 Å². The van der Waals surface area contributed by atoms with Gasteiger partial charge in [-0.3, -0.25) is 4.90 Å². The first-order valence-corrected chi connectivity index (χ1v) is 8.15. The summed E-state index contributed by atoms with van der Waals surface area (Å²) in [5.41, 5.74) is 1.16. The van der Waals surface area contributed by atoms with Gasteiger partial charge in [0.25, 0.3) is 0 Å². The Labute approximate surface area is 131 Å². The summed E-state index contributed by atoms with van der Waals surface area (Å²) in [6.07, 6.45) is 2.13. The van der Waals surface area contributed by atoms with E-state index in [0.29, 0.717) is 17.7 Å². The molecule has 3 rings (SSSR count). The van der Waals surface area contributed by atoms with Gasteiger partial charge in [0, 0.05) is 45.4 Å². The summed E-state index contributed by atoms with van der Waals surface area (Å²) < 4.78 is 24.5. The molecule has 1 atom stereocenters. The molecule has 1 aromatic rings. The zero-order valence-electron chi connectivity index (χ0n) is 13.2. The molecule has 1 aromatic carbocycles. The molecule has 5 heteroatoms. The van der Waals surface area contributed by atoms with E-state index >= 15 is 0 Å². The molecule has 0 amide bonds. The highest BCUT2D eigenvalue weighted by atomic mass is 19.1. The fourth-order valence-corrected chi connectivity index (χ4v) is 3.63. The fraction of sp³-hybridized carbons (Fsp3) is 0.647. The fourth-order valence-electron chi connectivity index (χ4n) is 3.63. The standard InChI is InChI=1S/C17H25FN2O2/c1-21-16-12-14(2-3-15(16)18)17(13-4-10-22-11-5-13)20-8-6-19-7-9-20/h2-3,12-13,17,19H,4-11H2,1H3/t17-/m1/s1. The van der Waals surface area contributed by atoms with Gasteiger partial charge in [-0.05, 0) is 36.5 Å². The first-order valence-electron chi connectivity index (χ1n) is 8.15. The number of nitrogens with zero attached hydrogens (tertiary/aromatic N) is 1. The number of methoxy groups -OCH3 is 1. The number of benzene rings is 1. The highest BCUT2D eigenvalue weighted by molar-refractivity contribution is 5.32. The number of halogens is 1. The predicted molar refractivity (Wildman–Crippen MR) is 83.7 cm³/mol. The van der Waals surface area contributed by atoms with Crippen molar-refractivity contribution in [1.82, 2.24) is 10.2 Å². The van der Waals surface area contributed by atoms with Crippen LogP contribution in [0.4, 0.5) is 4.39 Å². The molecule has 4 nitrogen and oxygen atoms in total. The van der Waals surface area contributed by atoms with Crippen LogP contribution in [-0.4, -0.2) is 51.4 Å². The Balaban J connectivity index is 1.89. The number of rotatable bonds is 4. The van der Waals surface area contributed by atoms with Crippen LogP contribution in [0.2, 0.25) is 0 Å². The maximum atomic E-state index is 13.7. The largest absolute Gasteiger partial charge is 0.494 e. The Hall–Kier alpha value is -1.17. The number of ether oxygens (including phenoxy) is 2. The van der Waals surface area contributed by atoms with Gasteiger partial charge in [-0.1, -0.05) is 6.07 Å². The topological polar surface area (TPSA) is 33.7 Å². The molecule has 0 spiro atoms. The molecule has 0 saturated carbocycles. The molecule has 2 saturated heterocycles. The maximum absolute atomic E-state index is 13.7. The summed E-state index contributed by atoms with van der Waals surface area (Å²) in [6, 6.07) is 5.64. The average Bonchev–Trinajstić information content (AvgIpc) is 2.58. The van der Waals surface area contributed by atoms with Gasteiger partial charge in [0.05, 0.1) is 7.11 Å². The van der Waals surface area contributed by atoms with Crippen LogP contribution in [0.15, 0.2) is 18.2 Å². The smallest absolute Gasteiger partial charge is 0.165 e. The lowest BCUT2D eigenvalue weighted by Crippen LogP contribution is -2.47. The molecule has 0 aliphatic carbocycles. The van der Waals surface area contributed by atoms with Gasteiger partial charge in [-0.2, -0.15) is 0 Å². The third kappa shape index (κ3) is 3.42. The molecule has 0 unspecified atom stereocenters. The van der Waals surface area contributed by atoms with Gasteiger partial charge in [0.2, 0.25) is 0 Å². The van der Waals surface area contributed by atoms with Crippen molar-refractivity contribution in [2.24, 2.45) is 5.92 Å². The van der Waals surface area contributed by atoms with Crippen LogP contribution < -0.4 is 10.1 Å². The Morgan fingerprint density at radius 3 is 2.68 bits per heavy atom. The second-order valence-electron chi connectivity index (χ2n) is 6.07. The lowest BCUT2D eigenvalue weighted by Gasteiger charge is -2.41. The Bertz CT molecular complexity index is 468. The van der Waals surface area contributed by atoms with E-state index in [-0.39, 0.29) is 5.82 Å². The lowest BCUT2D eigenvalue weighted by atomic mass is 9.85. The minimum atomic E-state index is -0.294. The SMILES string of the molecule is COc1cc([C@@H](C2CCOCC2)N2CCNCC2)ccc1F. The Kier molecular flexibility index (Phi) is 5.28. The Morgan fingerprint density at radius 2 is 2.00 bits per heavy atom. The zero-order chi connectivity index (χ0) is 15.4. The van der Waals surface area contributed by atoms with Crippen molar-refractivity contribution in [2.45, 2.75) is 18.9 Å². The summed E-state index contributed by atoms with van der Waals surface area (Å²) in [5, 5.41) is 3.40. The van der Waals surface area contributed by atoms with Crippen LogP contribution in [0.5, 0.6) is 5.75 Å². The number of piperazine rings is 1. The third-order valence-electron chi connectivity index (χ3n) is 4.77. The third-order valence-corrected chi connectivity index (χ3v) is 4.77. The highest BCUT2D eigenvalue weighted by Gasteiger charge is 2.31. The molecule has 2 aliphatic rings. The van der Waals surface area contributed by atoms with E-state index in [0.717, 1.165) is 57.8 Å². The van der Waals surface area contributed by atoms with Crippen molar-refractivity contribution in [1.29, 1.82) is 0 Å². The predicted octanol–water partition coefficient (Wildman–Crippen LogP) is 2.21. The summed E-state index contributed by atoms with van der Waals surface area (Å²) in [5.74, 6) is 0.601. The van der Waals surface area contributed by atoms with Gasteiger partial charge in [-0.25, -0.2) is 4.39 Å². The molecule has 2 heterocycles. The van der Waals surface area contributed by atoms with Crippen LogP contribution in [-0.2, 0) is 4.74 Å². The molecule has 0 bridgehead atoms. The van der Waals surface area contributed by atoms with E-state index in [4.69, 9.17) is 9.47 Å². The Morgan fingerprint density at radius 1 is 1.27 bits per heavy atom. The molecule has 0 aromatic heterocycles. The van der Waals surface area contributed by atoms with E-state index in [1.54, 1.807) is 0 Å². The summed E-state index contributed by atoms with van der Waals surface area (Å²) >= 11 is 0. The molecule has 2 fully saturated rings. The summed E-state index contributed by atoms with van der Waals surface area (Å²) in [6.45, 7) is 5.73. The van der Waals surface area contributed by atoms with Crippen LogP contribution in [0.1, 0.15) is 24.4 Å². The van der Waals surface area contributed by atoms with Crippen molar-refractivity contribution >= 4 is 0 Å². The molecule has 1 N–H and O–H groups in total. The number of hydrogen-bond donors (Lipinski definition) is 1. The maximum Gasteiger partial charge on any atom is 0.165 e. The minimum absolute atomic E-state index is 0.294. The first-order chi connectivity index (χ1) is 10.8. The first kappa shape index (κ1) is 15.7. The quantitative estimate of drug-likeness (QED) is 0.925. The normalized spacial score (nSPS) is 22.5. The molecular formula is C17H25FN2O2. The summed E-state index contributed by atoms with van der Waals surface area (Å²) in [7, 11) is 1.52. The van der Waals surface area contributed by atoms with E-state index in [2.05, 4.69) is 10.2 Å². The lowest BCUT2D eigenvalue weighted by molar-refractivity contribution is 0.0212. The zero-order valence-corrected chi connectivity index (χ0v) is 13.2. The van der Waals surface area contributed by atoms with Crippen LogP contribution >= 0.6 is 0 Å². The molecule has 2 aliphatic heterocycles. The van der Waals surface area contributed by atoms with Gasteiger partial charge in [-0.15, -0.1) is 0 Å². The monoisotopic (exact) mass is 308 g/mol. The second kappa shape index (κ2) is 7.40. The van der Waals surface area contributed by atoms with Gasteiger partial charge >= 0.3 is 0 Å². The van der Waals surface area contributed by atoms with Crippen molar-refractivity contribution in [3.05, 3.63) is 29.6 Å². The highest BCUT2D eigenvalue weighted by Crippen LogP contribution is 2.37. The van der Waals surface area contributed by atoms with E-state index < -0.39 is 0 Å². The van der Waals surface area contributed by atoms with Crippen molar-refractivity contribution in [3.8, 4) is 5.75 Å². The number of nitrogens with one attached hydrogen (secondary N) is 1. The minimum Gasteiger partial charge on any atom is -0.494 e. The van der Waals surface area contributed by atoms with Crippen molar-refractivity contribution in [2.75, 3.05) is 46.5 Å². The number of hydrogen-bond acceptors (Lipinski definition) is 4. The average molecular weight is 308 g/mol. The van der Waals surface area contributed by atoms with Crippen LogP contribution in [0.3, 0.4) is 0 Å². The molecule has 0 radical (unpaired) electrons. The van der Waals surface area contributed by atoms with E-state index in [9.17, 15) is 4.39 Å². The van der Waals surface area contributed by atoms with Gasteiger partial charge in [0.1, 0.15) is 0 Å². The van der Waals surface area contributed by atoms with Crippen molar-refractivity contribution < 1.29 is 13.9 Å². The second-order valence-corrected chi connectivity index (χ2v) is 6.07. The molecular weight excluding hydrogens is 283 g/mol. The van der Waals surface area contributed by atoms with Crippen LogP contribution in [0, 0.1) is 11.7 Å². The molecule has 22 heavy (non-hydrogen) atoms. The van der Waals surface area contributed by atoms with E-state index in [1.807, 2.05) is 12.1 Å². The van der Waals surface area contributed by atoms with Crippen molar-refractivity contribution in [3.63, 3.8) is 0 Å². The van der Waals surface area contributed by atoms with E-state index in [1.165, 1.54) is 13.2 Å². The van der Waals surface area contributed by atoms with Crippen LogP contribution in [0.25, 0.3) is 0 Å². The van der Waals surface area contributed by atoms with Gasteiger partial charge in [0.15, 0.2) is 11.6 Å². The molecule has 122 valence electrons. The summed E-state index contributed by atoms with van der Waals surface area (Å²) in [4.78, 5) is 2.53.